The first-order valence-electron chi connectivity index (χ1n) is 12.7. The lowest BCUT2D eigenvalue weighted by molar-refractivity contribution is 0.0986. The van der Waals surface area contributed by atoms with E-state index in [1.54, 1.807) is 12.1 Å². The van der Waals surface area contributed by atoms with Gasteiger partial charge >= 0.3 is 5.69 Å². The predicted octanol–water partition coefficient (Wildman–Crippen LogP) is 2.70. The van der Waals surface area contributed by atoms with E-state index in [-0.39, 0.29) is 41.0 Å². The number of aromatic amines is 1. The number of amidine groups is 1. The first-order valence-corrected chi connectivity index (χ1v) is 14.2. The largest absolute Gasteiger partial charge is 0.383 e. The molecule has 11 nitrogen and oxygen atoms in total. The van der Waals surface area contributed by atoms with Gasteiger partial charge in [0.05, 0.1) is 5.69 Å². The minimum absolute atomic E-state index is 0.0360. The van der Waals surface area contributed by atoms with Gasteiger partial charge in [0.15, 0.2) is 5.69 Å². The summed E-state index contributed by atoms with van der Waals surface area (Å²) < 4.78 is 31.4. The fourth-order valence-electron chi connectivity index (χ4n) is 4.78. The molecule has 12 heteroatoms. The molecule has 0 saturated carbocycles. The van der Waals surface area contributed by atoms with E-state index in [0.29, 0.717) is 30.9 Å². The summed E-state index contributed by atoms with van der Waals surface area (Å²) in [5.74, 6) is -0.0884. The standard InChI is InChI=1S/C25H34N6O5S/c1-4-5-12-30(21-22(26)31(15-16(2)3)25(34)27-23(21)32)24(33)17-10-11-18-19(14-17)37(35,36)28-20-9-7-6-8-13-29(18)20/h10-11,14,16H,4-9,12-13,15,26H2,1-3H3,(H,27,32,34). The number of amides is 1. The number of hydrogen-bond donors (Lipinski definition) is 2. The zero-order chi connectivity index (χ0) is 26.9. The summed E-state index contributed by atoms with van der Waals surface area (Å²) in [6, 6.07) is 4.52. The number of rotatable bonds is 7. The lowest BCUT2D eigenvalue weighted by atomic mass is 10.1. The Labute approximate surface area is 216 Å². The smallest absolute Gasteiger partial charge is 0.330 e. The molecule has 1 saturated heterocycles. The number of nitrogens with one attached hydrogen (secondary N) is 1. The Morgan fingerprint density at radius 2 is 1.97 bits per heavy atom. The Kier molecular flexibility index (Phi) is 7.58. The minimum Gasteiger partial charge on any atom is -0.383 e. The quantitative estimate of drug-likeness (QED) is 0.558. The highest BCUT2D eigenvalue weighted by atomic mass is 32.2. The second-order valence-electron chi connectivity index (χ2n) is 9.94. The number of benzene rings is 1. The van der Waals surface area contributed by atoms with E-state index in [2.05, 4.69) is 9.38 Å². The fraction of sp³-hybridized carbons (Fsp3) is 0.520. The van der Waals surface area contributed by atoms with Crippen LogP contribution in [0.3, 0.4) is 0 Å². The third-order valence-electron chi connectivity index (χ3n) is 6.61. The second kappa shape index (κ2) is 10.5. The zero-order valence-corrected chi connectivity index (χ0v) is 22.3. The van der Waals surface area contributed by atoms with Gasteiger partial charge in [-0.1, -0.05) is 33.6 Å². The van der Waals surface area contributed by atoms with Crippen LogP contribution in [0.5, 0.6) is 0 Å². The van der Waals surface area contributed by atoms with Crippen LogP contribution < -0.4 is 26.8 Å². The number of sulfonamides is 1. The molecule has 2 aromatic rings. The Morgan fingerprint density at radius 1 is 1.22 bits per heavy atom. The van der Waals surface area contributed by atoms with Gasteiger partial charge in [0.2, 0.25) is 0 Å². The number of hydrogen-bond acceptors (Lipinski definition) is 7. The van der Waals surface area contributed by atoms with Crippen molar-refractivity contribution in [3.05, 3.63) is 44.6 Å². The average Bonchev–Trinajstić information content (AvgIpc) is 3.08. The van der Waals surface area contributed by atoms with Gasteiger partial charge in [0.1, 0.15) is 16.5 Å². The number of nitrogens with two attached hydrogens (primary N) is 1. The zero-order valence-electron chi connectivity index (χ0n) is 21.5. The van der Waals surface area contributed by atoms with Crippen LogP contribution >= 0.6 is 0 Å². The highest BCUT2D eigenvalue weighted by Crippen LogP contribution is 2.35. The second-order valence-corrected chi connectivity index (χ2v) is 11.5. The molecule has 37 heavy (non-hydrogen) atoms. The van der Waals surface area contributed by atoms with Crippen LogP contribution in [0.2, 0.25) is 0 Å². The molecule has 0 atom stereocenters. The number of H-pyrrole nitrogens is 1. The summed E-state index contributed by atoms with van der Waals surface area (Å²) in [6.45, 7) is 6.84. The summed E-state index contributed by atoms with van der Waals surface area (Å²) in [5.41, 5.74) is 5.36. The minimum atomic E-state index is -4.00. The van der Waals surface area contributed by atoms with Gasteiger partial charge < -0.3 is 15.5 Å². The maximum absolute atomic E-state index is 13.8. The van der Waals surface area contributed by atoms with E-state index in [9.17, 15) is 22.8 Å². The van der Waals surface area contributed by atoms with Crippen molar-refractivity contribution >= 4 is 39.0 Å². The molecule has 0 bridgehead atoms. The Bertz CT molecular complexity index is 1460. The molecular weight excluding hydrogens is 496 g/mol. The van der Waals surface area contributed by atoms with E-state index in [1.807, 2.05) is 25.7 Å². The van der Waals surface area contributed by atoms with Gasteiger partial charge in [-0.2, -0.15) is 8.42 Å². The third kappa shape index (κ3) is 5.20. The maximum Gasteiger partial charge on any atom is 0.330 e. The fourth-order valence-corrected chi connectivity index (χ4v) is 6.07. The van der Waals surface area contributed by atoms with Crippen LogP contribution in [0.4, 0.5) is 17.2 Å². The van der Waals surface area contributed by atoms with E-state index in [1.165, 1.54) is 15.5 Å². The Morgan fingerprint density at radius 3 is 2.68 bits per heavy atom. The molecule has 2 aliphatic rings. The predicted molar refractivity (Wildman–Crippen MR) is 144 cm³/mol. The molecule has 1 fully saturated rings. The van der Waals surface area contributed by atoms with Gasteiger partial charge in [-0.3, -0.25) is 19.1 Å². The summed E-state index contributed by atoms with van der Waals surface area (Å²) in [7, 11) is -4.00. The number of nitrogens with zero attached hydrogens (tertiary/aromatic N) is 4. The molecular formula is C25H34N6O5S. The van der Waals surface area contributed by atoms with Crippen molar-refractivity contribution in [2.24, 2.45) is 10.3 Å². The van der Waals surface area contributed by atoms with E-state index < -0.39 is 27.2 Å². The summed E-state index contributed by atoms with van der Waals surface area (Å²) in [4.78, 5) is 44.5. The first kappa shape index (κ1) is 26.6. The van der Waals surface area contributed by atoms with Crippen LogP contribution in [-0.4, -0.2) is 42.8 Å². The van der Waals surface area contributed by atoms with Crippen molar-refractivity contribution in [3.63, 3.8) is 0 Å². The lowest BCUT2D eigenvalue weighted by Crippen LogP contribution is -2.42. The Hall–Kier alpha value is -3.41. The SMILES string of the molecule is CCCCN(C(=O)c1ccc2c(c1)S(=O)(=O)N=C1CCCCCN12)c1c(N)n(CC(C)C)c(=O)[nH]c1=O. The van der Waals surface area contributed by atoms with Gasteiger partial charge in [0.25, 0.3) is 21.5 Å². The molecule has 0 aliphatic carbocycles. The average molecular weight is 531 g/mol. The van der Waals surface area contributed by atoms with Crippen molar-refractivity contribution in [1.29, 1.82) is 0 Å². The van der Waals surface area contributed by atoms with E-state index in [4.69, 9.17) is 5.73 Å². The highest BCUT2D eigenvalue weighted by Gasteiger charge is 2.33. The van der Waals surface area contributed by atoms with Gasteiger partial charge in [-0.25, -0.2) is 4.79 Å². The van der Waals surface area contributed by atoms with Crippen molar-refractivity contribution in [1.82, 2.24) is 9.55 Å². The van der Waals surface area contributed by atoms with Gasteiger partial charge in [-0.15, -0.1) is 4.40 Å². The normalized spacial score (nSPS) is 16.5. The molecule has 3 N–H and O–H groups in total. The number of carbonyl (C=O) groups excluding carboxylic acids is 1. The van der Waals surface area contributed by atoms with Crippen molar-refractivity contribution in [2.75, 3.05) is 28.6 Å². The van der Waals surface area contributed by atoms with Gasteiger partial charge in [-0.05, 0) is 43.4 Å². The van der Waals surface area contributed by atoms with E-state index in [0.717, 1.165) is 25.7 Å². The maximum atomic E-state index is 13.8. The number of fused-ring (bicyclic) bond motifs is 3. The third-order valence-corrected chi connectivity index (χ3v) is 7.94. The molecule has 1 amide bonds. The summed E-state index contributed by atoms with van der Waals surface area (Å²) in [6.07, 6.45) is 4.66. The first-order chi connectivity index (χ1) is 17.5. The van der Waals surface area contributed by atoms with Crippen LogP contribution in [0.1, 0.15) is 69.7 Å². The van der Waals surface area contributed by atoms with Crippen molar-refractivity contribution in [3.8, 4) is 0 Å². The number of aromatic nitrogens is 2. The van der Waals surface area contributed by atoms with Crippen LogP contribution in [0.25, 0.3) is 0 Å². The monoisotopic (exact) mass is 530 g/mol. The molecule has 0 spiro atoms. The summed E-state index contributed by atoms with van der Waals surface area (Å²) in [5, 5.41) is 0. The molecule has 200 valence electrons. The van der Waals surface area contributed by atoms with Crippen LogP contribution in [0.15, 0.2) is 37.1 Å². The van der Waals surface area contributed by atoms with Crippen molar-refractivity contribution in [2.45, 2.75) is 70.7 Å². The number of nitrogen functional groups attached to an aromatic ring is 1. The molecule has 0 radical (unpaired) electrons. The molecule has 2 aliphatic heterocycles. The number of anilines is 3. The van der Waals surface area contributed by atoms with Gasteiger partial charge in [0, 0.05) is 31.6 Å². The lowest BCUT2D eigenvalue weighted by Gasteiger charge is -2.30. The molecule has 3 heterocycles. The number of unbranched alkanes of at least 4 members (excludes halogenated alkanes) is 1. The van der Waals surface area contributed by atoms with Crippen LogP contribution in [0, 0.1) is 5.92 Å². The molecule has 1 aromatic carbocycles. The molecule has 4 rings (SSSR count). The number of carbonyl (C=O) groups is 1. The Balaban J connectivity index is 1.81. The molecule has 1 aromatic heterocycles. The van der Waals surface area contributed by atoms with Crippen LogP contribution in [-0.2, 0) is 16.6 Å². The topological polar surface area (TPSA) is 151 Å². The summed E-state index contributed by atoms with van der Waals surface area (Å²) >= 11 is 0. The van der Waals surface area contributed by atoms with E-state index >= 15 is 0 Å². The molecule has 0 unspecified atom stereocenters. The van der Waals surface area contributed by atoms with Crippen molar-refractivity contribution < 1.29 is 13.2 Å². The highest BCUT2D eigenvalue weighted by molar-refractivity contribution is 7.90.